The molecule has 5 heteroatoms. The van der Waals surface area contributed by atoms with E-state index in [0.29, 0.717) is 12.1 Å². The summed E-state index contributed by atoms with van der Waals surface area (Å²) in [7, 11) is 0. The molecule has 0 saturated carbocycles. The van der Waals surface area contributed by atoms with Crippen molar-refractivity contribution in [1.82, 2.24) is 20.3 Å². The highest BCUT2D eigenvalue weighted by atomic mass is 16.1. The van der Waals surface area contributed by atoms with E-state index in [-0.39, 0.29) is 11.9 Å². The lowest BCUT2D eigenvalue weighted by atomic mass is 9.99. The molecule has 29 heavy (non-hydrogen) atoms. The van der Waals surface area contributed by atoms with Gasteiger partial charge < -0.3 is 5.32 Å². The molecule has 0 saturated heterocycles. The first-order valence-corrected chi connectivity index (χ1v) is 9.76. The standard InChI is InChI=1S/C24H24N4O/c1-16-8-9-17(2)21(14-16)18(3)25-24(29)20-12-10-19(11-13-20)15-28-23-7-5-4-6-22(23)26-27-28/h4-14,18H,15H2,1-3H3,(H,25,29). The molecule has 0 radical (unpaired) electrons. The fourth-order valence-corrected chi connectivity index (χ4v) is 3.55. The van der Waals surface area contributed by atoms with Crippen molar-refractivity contribution < 1.29 is 4.79 Å². The molecule has 1 unspecified atom stereocenters. The molecule has 4 rings (SSSR count). The van der Waals surface area contributed by atoms with Gasteiger partial charge in [0.15, 0.2) is 0 Å². The van der Waals surface area contributed by atoms with Crippen LogP contribution in [0.2, 0.25) is 0 Å². The van der Waals surface area contributed by atoms with Crippen LogP contribution in [0.15, 0.2) is 66.7 Å². The Morgan fingerprint density at radius 3 is 2.59 bits per heavy atom. The topological polar surface area (TPSA) is 59.8 Å². The summed E-state index contributed by atoms with van der Waals surface area (Å²) >= 11 is 0. The van der Waals surface area contributed by atoms with Crippen LogP contribution in [0.5, 0.6) is 0 Å². The van der Waals surface area contributed by atoms with Gasteiger partial charge in [-0.05, 0) is 61.7 Å². The summed E-state index contributed by atoms with van der Waals surface area (Å²) < 4.78 is 1.87. The average molecular weight is 384 g/mol. The highest BCUT2D eigenvalue weighted by Gasteiger charge is 2.14. The molecular formula is C24H24N4O. The molecular weight excluding hydrogens is 360 g/mol. The summed E-state index contributed by atoms with van der Waals surface area (Å²) in [6.45, 7) is 6.76. The third-order valence-corrected chi connectivity index (χ3v) is 5.22. The summed E-state index contributed by atoms with van der Waals surface area (Å²) in [6.07, 6.45) is 0. The number of hydrogen-bond acceptors (Lipinski definition) is 3. The Morgan fingerprint density at radius 2 is 1.79 bits per heavy atom. The van der Waals surface area contributed by atoms with E-state index in [4.69, 9.17) is 0 Å². The van der Waals surface area contributed by atoms with Crippen LogP contribution in [-0.2, 0) is 6.54 Å². The minimum atomic E-state index is -0.0730. The Kier molecular flexibility index (Phi) is 5.12. The zero-order valence-corrected chi connectivity index (χ0v) is 16.9. The molecule has 1 N–H and O–H groups in total. The summed E-state index contributed by atoms with van der Waals surface area (Å²) in [5.74, 6) is -0.0730. The molecule has 1 heterocycles. The summed E-state index contributed by atoms with van der Waals surface area (Å²) in [4.78, 5) is 12.7. The summed E-state index contributed by atoms with van der Waals surface area (Å²) in [5, 5.41) is 11.5. The number of benzene rings is 3. The van der Waals surface area contributed by atoms with Gasteiger partial charge in [-0.15, -0.1) is 5.10 Å². The van der Waals surface area contributed by atoms with E-state index in [0.717, 1.165) is 22.2 Å². The zero-order valence-electron chi connectivity index (χ0n) is 16.9. The van der Waals surface area contributed by atoms with Crippen LogP contribution < -0.4 is 5.32 Å². The van der Waals surface area contributed by atoms with Gasteiger partial charge in [0, 0.05) is 5.56 Å². The highest BCUT2D eigenvalue weighted by molar-refractivity contribution is 5.94. The van der Waals surface area contributed by atoms with Crippen molar-refractivity contribution in [3.8, 4) is 0 Å². The van der Waals surface area contributed by atoms with Crippen LogP contribution in [0.1, 0.15) is 45.6 Å². The first-order valence-electron chi connectivity index (χ1n) is 9.76. The van der Waals surface area contributed by atoms with Crippen LogP contribution in [0, 0.1) is 13.8 Å². The molecule has 0 aliphatic carbocycles. The fourth-order valence-electron chi connectivity index (χ4n) is 3.55. The zero-order chi connectivity index (χ0) is 20.4. The van der Waals surface area contributed by atoms with Gasteiger partial charge in [-0.3, -0.25) is 4.79 Å². The van der Waals surface area contributed by atoms with Crippen molar-refractivity contribution in [3.63, 3.8) is 0 Å². The lowest BCUT2D eigenvalue weighted by Gasteiger charge is -2.17. The maximum absolute atomic E-state index is 12.7. The van der Waals surface area contributed by atoms with E-state index in [1.165, 1.54) is 11.1 Å². The van der Waals surface area contributed by atoms with Crippen molar-refractivity contribution in [2.24, 2.45) is 0 Å². The van der Waals surface area contributed by atoms with Crippen molar-refractivity contribution in [1.29, 1.82) is 0 Å². The highest BCUT2D eigenvalue weighted by Crippen LogP contribution is 2.20. The van der Waals surface area contributed by atoms with Crippen LogP contribution in [0.25, 0.3) is 11.0 Å². The van der Waals surface area contributed by atoms with Crippen molar-refractivity contribution in [2.75, 3.05) is 0 Å². The van der Waals surface area contributed by atoms with Gasteiger partial charge in [0.2, 0.25) is 0 Å². The molecule has 5 nitrogen and oxygen atoms in total. The Balaban J connectivity index is 1.46. The van der Waals surface area contributed by atoms with E-state index < -0.39 is 0 Å². The molecule has 0 aliphatic heterocycles. The molecule has 0 aliphatic rings. The minimum absolute atomic E-state index is 0.0522. The molecule has 146 valence electrons. The smallest absolute Gasteiger partial charge is 0.251 e. The molecule has 0 fully saturated rings. The van der Waals surface area contributed by atoms with Gasteiger partial charge >= 0.3 is 0 Å². The number of carbonyl (C=O) groups is 1. The fraction of sp³-hybridized carbons (Fsp3) is 0.208. The van der Waals surface area contributed by atoms with Gasteiger partial charge in [-0.2, -0.15) is 0 Å². The van der Waals surface area contributed by atoms with E-state index >= 15 is 0 Å². The number of aromatic nitrogens is 3. The Morgan fingerprint density at radius 1 is 1.03 bits per heavy atom. The Labute approximate surface area is 170 Å². The number of hydrogen-bond donors (Lipinski definition) is 1. The van der Waals surface area contributed by atoms with Gasteiger partial charge in [0.25, 0.3) is 5.91 Å². The van der Waals surface area contributed by atoms with Crippen LogP contribution >= 0.6 is 0 Å². The molecule has 4 aromatic rings. The lowest BCUT2D eigenvalue weighted by Crippen LogP contribution is -2.27. The Hall–Kier alpha value is -3.47. The van der Waals surface area contributed by atoms with E-state index in [9.17, 15) is 4.79 Å². The van der Waals surface area contributed by atoms with Crippen molar-refractivity contribution in [3.05, 3.63) is 94.5 Å². The van der Waals surface area contributed by atoms with Gasteiger partial charge in [0.1, 0.15) is 5.52 Å². The molecule has 1 aromatic heterocycles. The first kappa shape index (κ1) is 18.9. The molecule has 1 amide bonds. The molecule has 3 aromatic carbocycles. The second kappa shape index (κ2) is 7.87. The number of fused-ring (bicyclic) bond motifs is 1. The van der Waals surface area contributed by atoms with Gasteiger partial charge in [-0.1, -0.05) is 53.2 Å². The monoisotopic (exact) mass is 384 g/mol. The minimum Gasteiger partial charge on any atom is -0.346 e. The SMILES string of the molecule is Cc1ccc(C)c(C(C)NC(=O)c2ccc(Cn3nnc4ccccc43)cc2)c1. The number of para-hydroxylation sites is 1. The summed E-state index contributed by atoms with van der Waals surface area (Å²) in [6, 6.07) is 21.8. The predicted octanol–water partition coefficient (Wildman–Crippen LogP) is 4.59. The second-order valence-electron chi connectivity index (χ2n) is 7.49. The number of nitrogens with one attached hydrogen (secondary N) is 1. The lowest BCUT2D eigenvalue weighted by molar-refractivity contribution is 0.0940. The van der Waals surface area contributed by atoms with E-state index in [2.05, 4.69) is 47.7 Å². The largest absolute Gasteiger partial charge is 0.346 e. The maximum Gasteiger partial charge on any atom is 0.251 e. The predicted molar refractivity (Wildman–Crippen MR) is 115 cm³/mol. The average Bonchev–Trinajstić information content (AvgIpc) is 3.13. The molecule has 0 spiro atoms. The number of amides is 1. The van der Waals surface area contributed by atoms with Gasteiger partial charge in [0.05, 0.1) is 18.1 Å². The normalized spacial score (nSPS) is 12.1. The number of carbonyl (C=O) groups excluding carboxylic acids is 1. The van der Waals surface area contributed by atoms with E-state index in [1.807, 2.05) is 60.1 Å². The van der Waals surface area contributed by atoms with Crippen LogP contribution in [0.4, 0.5) is 0 Å². The third kappa shape index (κ3) is 4.04. The van der Waals surface area contributed by atoms with E-state index in [1.54, 1.807) is 0 Å². The maximum atomic E-state index is 12.7. The number of rotatable bonds is 5. The third-order valence-electron chi connectivity index (χ3n) is 5.22. The quantitative estimate of drug-likeness (QED) is 0.548. The van der Waals surface area contributed by atoms with Crippen LogP contribution in [0.3, 0.4) is 0 Å². The number of aryl methyl sites for hydroxylation is 2. The molecule has 0 bridgehead atoms. The molecule has 1 atom stereocenters. The van der Waals surface area contributed by atoms with Crippen LogP contribution in [-0.4, -0.2) is 20.9 Å². The second-order valence-corrected chi connectivity index (χ2v) is 7.49. The number of nitrogens with zero attached hydrogens (tertiary/aromatic N) is 3. The van der Waals surface area contributed by atoms with Crippen molar-refractivity contribution >= 4 is 16.9 Å². The van der Waals surface area contributed by atoms with Gasteiger partial charge in [-0.25, -0.2) is 4.68 Å². The Bertz CT molecular complexity index is 1160. The first-order chi connectivity index (χ1) is 14.0. The van der Waals surface area contributed by atoms with Crippen molar-refractivity contribution in [2.45, 2.75) is 33.4 Å². The summed E-state index contributed by atoms with van der Waals surface area (Å²) in [5.41, 5.74) is 7.11.